The summed E-state index contributed by atoms with van der Waals surface area (Å²) < 4.78 is 51.1. The summed E-state index contributed by atoms with van der Waals surface area (Å²) in [5.41, 5.74) is 3.90. The fourth-order valence-electron chi connectivity index (χ4n) is 6.11. The maximum absolute atomic E-state index is 13.1. The molecule has 0 bridgehead atoms. The normalized spacial score (nSPS) is 18.4. The molecule has 1 spiro atoms. The van der Waals surface area contributed by atoms with Crippen molar-refractivity contribution in [3.63, 3.8) is 0 Å². The number of pyridine rings is 1. The van der Waals surface area contributed by atoms with E-state index in [1.54, 1.807) is 29.9 Å². The minimum atomic E-state index is -4.82. The van der Waals surface area contributed by atoms with Gasteiger partial charge in [0, 0.05) is 43.4 Å². The first-order valence-corrected chi connectivity index (χ1v) is 13.5. The van der Waals surface area contributed by atoms with Gasteiger partial charge in [-0.1, -0.05) is 23.4 Å². The molecule has 0 amide bonds. The summed E-state index contributed by atoms with van der Waals surface area (Å²) in [7, 11) is 1.78. The Morgan fingerprint density at radius 2 is 1.93 bits per heavy atom. The van der Waals surface area contributed by atoms with E-state index in [2.05, 4.69) is 31.0 Å². The number of ether oxygens (including phenoxy) is 1. The molecule has 7 rings (SSSR count). The van der Waals surface area contributed by atoms with Crippen LogP contribution in [0.3, 0.4) is 0 Å². The highest BCUT2D eigenvalue weighted by atomic mass is 19.4. The molecule has 1 saturated carbocycles. The Kier molecular flexibility index (Phi) is 5.67. The topological polar surface area (TPSA) is 107 Å². The number of carbonyl (C=O) groups is 1. The van der Waals surface area contributed by atoms with Crippen molar-refractivity contribution in [3.05, 3.63) is 59.5 Å². The van der Waals surface area contributed by atoms with Crippen molar-refractivity contribution in [2.24, 2.45) is 12.5 Å². The number of aryl methyl sites for hydroxylation is 1. The van der Waals surface area contributed by atoms with Gasteiger partial charge in [0.05, 0.1) is 11.1 Å². The molecule has 9 nitrogen and oxygen atoms in total. The van der Waals surface area contributed by atoms with Crippen LogP contribution in [0.4, 0.5) is 19.0 Å². The van der Waals surface area contributed by atoms with E-state index in [1.807, 2.05) is 0 Å². The number of para-hydroxylation sites is 1. The lowest BCUT2D eigenvalue weighted by atomic mass is 9.63. The van der Waals surface area contributed by atoms with Crippen molar-refractivity contribution in [1.29, 1.82) is 0 Å². The quantitative estimate of drug-likeness (QED) is 0.296. The van der Waals surface area contributed by atoms with E-state index in [0.717, 1.165) is 67.9 Å². The average molecular weight is 566 g/mol. The maximum Gasteiger partial charge on any atom is 0.573 e. The van der Waals surface area contributed by atoms with Crippen LogP contribution < -0.4 is 9.64 Å². The van der Waals surface area contributed by atoms with E-state index in [0.29, 0.717) is 16.7 Å². The van der Waals surface area contributed by atoms with Crippen molar-refractivity contribution in [3.8, 4) is 17.0 Å². The summed E-state index contributed by atoms with van der Waals surface area (Å²) in [4.78, 5) is 18.0. The molecule has 1 aromatic carbocycles. The second kappa shape index (κ2) is 9.08. The molecule has 1 saturated heterocycles. The van der Waals surface area contributed by atoms with Gasteiger partial charge in [0.15, 0.2) is 5.82 Å². The number of aromatic carboxylic acids is 1. The molecular formula is C29H26F3N5O4. The zero-order valence-electron chi connectivity index (χ0n) is 22.1. The molecule has 41 heavy (non-hydrogen) atoms. The van der Waals surface area contributed by atoms with Crippen LogP contribution in [0.2, 0.25) is 0 Å². The van der Waals surface area contributed by atoms with E-state index >= 15 is 0 Å². The molecule has 2 fully saturated rings. The fraction of sp³-hybridized carbons (Fsp3) is 0.379. The van der Waals surface area contributed by atoms with Gasteiger partial charge in [0.1, 0.15) is 22.7 Å². The zero-order valence-corrected chi connectivity index (χ0v) is 22.1. The van der Waals surface area contributed by atoms with Gasteiger partial charge in [0.2, 0.25) is 0 Å². The lowest BCUT2D eigenvalue weighted by Gasteiger charge is -2.46. The van der Waals surface area contributed by atoms with E-state index in [1.165, 1.54) is 18.3 Å². The van der Waals surface area contributed by atoms with Crippen LogP contribution in [-0.2, 0) is 7.05 Å². The van der Waals surface area contributed by atoms with Gasteiger partial charge in [-0.15, -0.1) is 13.2 Å². The van der Waals surface area contributed by atoms with Gasteiger partial charge < -0.3 is 19.3 Å². The van der Waals surface area contributed by atoms with E-state index in [9.17, 15) is 23.1 Å². The van der Waals surface area contributed by atoms with Crippen LogP contribution in [0.15, 0.2) is 47.1 Å². The third kappa shape index (κ3) is 4.51. The Morgan fingerprint density at radius 3 is 2.61 bits per heavy atom. The van der Waals surface area contributed by atoms with Crippen LogP contribution in [0, 0.1) is 5.41 Å². The number of fused-ring (bicyclic) bond motifs is 1. The zero-order chi connectivity index (χ0) is 28.5. The Labute approximate surface area is 232 Å². The number of alkyl halides is 3. The van der Waals surface area contributed by atoms with Crippen LogP contribution in [0.1, 0.15) is 59.7 Å². The number of carboxylic acid groups (broad SMARTS) is 1. The molecule has 1 N–H and O–H groups in total. The van der Waals surface area contributed by atoms with Crippen LogP contribution in [0.25, 0.3) is 27.9 Å². The number of carboxylic acids is 1. The summed E-state index contributed by atoms with van der Waals surface area (Å²) in [5.74, 6) is 0.370. The van der Waals surface area contributed by atoms with Gasteiger partial charge in [0.25, 0.3) is 0 Å². The first-order valence-electron chi connectivity index (χ1n) is 13.5. The summed E-state index contributed by atoms with van der Waals surface area (Å²) in [6.45, 7) is 1.49. The molecule has 0 atom stereocenters. The predicted octanol–water partition coefficient (Wildman–Crippen LogP) is 6.17. The molecule has 12 heteroatoms. The second-order valence-corrected chi connectivity index (χ2v) is 11.1. The first-order chi connectivity index (χ1) is 19.6. The van der Waals surface area contributed by atoms with Gasteiger partial charge >= 0.3 is 12.3 Å². The van der Waals surface area contributed by atoms with Gasteiger partial charge in [-0.25, -0.2) is 9.78 Å². The third-order valence-electron chi connectivity index (χ3n) is 8.36. The molecule has 4 aromatic rings. The monoisotopic (exact) mass is 565 g/mol. The minimum Gasteiger partial charge on any atom is -0.478 e. The number of hydrogen-bond donors (Lipinski definition) is 1. The second-order valence-electron chi connectivity index (χ2n) is 11.1. The largest absolute Gasteiger partial charge is 0.573 e. The maximum atomic E-state index is 13.1. The molecule has 2 aliphatic carbocycles. The Morgan fingerprint density at radius 1 is 1.20 bits per heavy atom. The van der Waals surface area contributed by atoms with E-state index < -0.39 is 12.3 Å². The molecule has 0 unspecified atom stereocenters. The van der Waals surface area contributed by atoms with E-state index in [-0.39, 0.29) is 28.2 Å². The highest BCUT2D eigenvalue weighted by Crippen LogP contribution is 2.56. The molecule has 0 radical (unpaired) electrons. The van der Waals surface area contributed by atoms with Crippen LogP contribution >= 0.6 is 0 Å². The van der Waals surface area contributed by atoms with Gasteiger partial charge in [-0.3, -0.25) is 4.68 Å². The van der Waals surface area contributed by atoms with Crippen LogP contribution in [0.5, 0.6) is 5.75 Å². The molecule has 3 aliphatic rings. The highest BCUT2D eigenvalue weighted by Gasteiger charge is 2.44. The first kappa shape index (κ1) is 25.6. The summed E-state index contributed by atoms with van der Waals surface area (Å²) in [6, 6.07) is 7.63. The number of anilines is 1. The minimum absolute atomic E-state index is 0.0301. The summed E-state index contributed by atoms with van der Waals surface area (Å²) in [5, 5.41) is 18.2. The van der Waals surface area contributed by atoms with Gasteiger partial charge in [-0.2, -0.15) is 5.10 Å². The number of piperidine rings is 1. The molecule has 212 valence electrons. The number of rotatable bonds is 6. The van der Waals surface area contributed by atoms with Gasteiger partial charge in [-0.05, 0) is 61.3 Å². The standard InChI is InChI=1S/C29H26F3N5O4/c1-36-20-12-17(27(38)39)15-33-24(20)26(34-36)37-10-8-28(9-11-37)13-18(14-28)22-23(35-41-25(22)16-6-7-16)19-4-2-3-5-21(19)40-29(30,31)32/h2-5,12-13,15-16H,6-11,14H2,1H3,(H,38,39). The van der Waals surface area contributed by atoms with Crippen molar-refractivity contribution in [2.75, 3.05) is 18.0 Å². The summed E-state index contributed by atoms with van der Waals surface area (Å²) in [6.07, 6.45) is 3.23. The number of hydrogen-bond acceptors (Lipinski definition) is 7. The van der Waals surface area contributed by atoms with Crippen molar-refractivity contribution >= 4 is 28.4 Å². The Hall–Kier alpha value is -4.35. The third-order valence-corrected chi connectivity index (χ3v) is 8.36. The average Bonchev–Trinajstić information content (AvgIpc) is 3.59. The lowest BCUT2D eigenvalue weighted by Crippen LogP contribution is -2.42. The molecule has 3 aromatic heterocycles. The summed E-state index contributed by atoms with van der Waals surface area (Å²) >= 11 is 0. The predicted molar refractivity (Wildman–Crippen MR) is 143 cm³/mol. The molecular weight excluding hydrogens is 539 g/mol. The van der Waals surface area contributed by atoms with Crippen molar-refractivity contribution < 1.29 is 32.3 Å². The number of allylic oxidation sites excluding steroid dienone is 2. The number of nitrogens with zero attached hydrogens (tertiary/aromatic N) is 5. The Balaban J connectivity index is 1.15. The van der Waals surface area contributed by atoms with E-state index in [4.69, 9.17) is 4.52 Å². The van der Waals surface area contributed by atoms with Crippen molar-refractivity contribution in [2.45, 2.75) is 44.4 Å². The smallest absolute Gasteiger partial charge is 0.478 e. The number of benzene rings is 1. The lowest BCUT2D eigenvalue weighted by molar-refractivity contribution is -0.274. The number of halogens is 3. The fourth-order valence-corrected chi connectivity index (χ4v) is 6.11. The molecule has 4 heterocycles. The highest BCUT2D eigenvalue weighted by molar-refractivity contribution is 5.94. The van der Waals surface area contributed by atoms with Crippen LogP contribution in [-0.4, -0.2) is 50.4 Å². The Bertz CT molecular complexity index is 1710. The van der Waals surface area contributed by atoms with Crippen molar-refractivity contribution in [1.82, 2.24) is 19.9 Å². The number of aromatic nitrogens is 4. The SMILES string of the molecule is Cn1nc(N2CCC3(C=C(c4c(-c5ccccc5OC(F)(F)F)noc4C4CC4)C3)CC2)c2ncc(C(=O)O)cc21. The molecule has 1 aliphatic heterocycles.